The first-order valence-corrected chi connectivity index (χ1v) is 4.66. The van der Waals surface area contributed by atoms with Gasteiger partial charge in [-0.3, -0.25) is 4.79 Å². The van der Waals surface area contributed by atoms with E-state index in [0.717, 1.165) is 12.8 Å². The number of hydrogen-bond acceptors (Lipinski definition) is 3. The van der Waals surface area contributed by atoms with Gasteiger partial charge in [0.1, 0.15) is 0 Å². The molecular weight excluding hydrogens is 168 g/mol. The topological polar surface area (TPSA) is 46.5 Å². The zero-order valence-corrected chi connectivity index (χ0v) is 7.64. The third-order valence-electron chi connectivity index (χ3n) is 3.14. The maximum absolute atomic E-state index is 11.3. The lowest BCUT2D eigenvalue weighted by Crippen LogP contribution is -2.21. The first kappa shape index (κ1) is 8.75. The Kier molecular flexibility index (Phi) is 2.12. The van der Waals surface area contributed by atoms with E-state index in [1.165, 1.54) is 7.11 Å². The average Bonchev–Trinajstić information content (AvgIpc) is 2.61. The molecule has 1 N–H and O–H groups in total. The molecule has 2 rings (SSSR count). The third kappa shape index (κ3) is 1.37. The van der Waals surface area contributed by atoms with Gasteiger partial charge < -0.3 is 9.84 Å². The fourth-order valence-corrected chi connectivity index (χ4v) is 2.50. The number of esters is 1. The van der Waals surface area contributed by atoms with Crippen LogP contribution in [0.5, 0.6) is 0 Å². The van der Waals surface area contributed by atoms with Crippen LogP contribution in [0.1, 0.15) is 12.8 Å². The molecule has 0 aliphatic heterocycles. The normalized spacial score (nSPS) is 42.0. The van der Waals surface area contributed by atoms with E-state index in [-0.39, 0.29) is 23.9 Å². The van der Waals surface area contributed by atoms with Crippen molar-refractivity contribution in [2.45, 2.75) is 18.9 Å². The van der Waals surface area contributed by atoms with Crippen LogP contribution in [-0.2, 0) is 9.53 Å². The van der Waals surface area contributed by atoms with E-state index in [1.807, 2.05) is 12.2 Å². The first-order chi connectivity index (χ1) is 6.22. The van der Waals surface area contributed by atoms with Crippen molar-refractivity contribution in [2.75, 3.05) is 7.11 Å². The molecule has 2 aliphatic rings. The molecule has 1 fully saturated rings. The summed E-state index contributed by atoms with van der Waals surface area (Å²) in [6.45, 7) is 0. The first-order valence-electron chi connectivity index (χ1n) is 4.66. The SMILES string of the molecule is COC(=O)C1C=CC2CC(O)CC21. The Morgan fingerprint density at radius 2 is 2.23 bits per heavy atom. The van der Waals surface area contributed by atoms with Gasteiger partial charge in [0.15, 0.2) is 0 Å². The van der Waals surface area contributed by atoms with Gasteiger partial charge in [-0.25, -0.2) is 0 Å². The van der Waals surface area contributed by atoms with Gasteiger partial charge in [0, 0.05) is 0 Å². The van der Waals surface area contributed by atoms with Crippen LogP contribution in [0.4, 0.5) is 0 Å². The maximum Gasteiger partial charge on any atom is 0.312 e. The Labute approximate surface area is 77.4 Å². The van der Waals surface area contributed by atoms with Crippen LogP contribution in [0.3, 0.4) is 0 Å². The number of hydrogen-bond donors (Lipinski definition) is 1. The molecule has 13 heavy (non-hydrogen) atoms. The van der Waals surface area contributed by atoms with Gasteiger partial charge in [0.25, 0.3) is 0 Å². The van der Waals surface area contributed by atoms with Gasteiger partial charge in [0.05, 0.1) is 19.1 Å². The number of ether oxygens (including phenoxy) is 1. The number of methoxy groups -OCH3 is 1. The summed E-state index contributed by atoms with van der Waals surface area (Å²) in [7, 11) is 1.41. The van der Waals surface area contributed by atoms with Crippen LogP contribution < -0.4 is 0 Å². The highest BCUT2D eigenvalue weighted by atomic mass is 16.5. The van der Waals surface area contributed by atoms with Crippen molar-refractivity contribution in [1.82, 2.24) is 0 Å². The molecular formula is C10H14O3. The number of carbonyl (C=O) groups is 1. The molecule has 0 spiro atoms. The number of aliphatic hydroxyl groups is 1. The van der Waals surface area contributed by atoms with Crippen LogP contribution >= 0.6 is 0 Å². The average molecular weight is 182 g/mol. The quantitative estimate of drug-likeness (QED) is 0.480. The summed E-state index contributed by atoms with van der Waals surface area (Å²) >= 11 is 0. The molecule has 0 radical (unpaired) electrons. The summed E-state index contributed by atoms with van der Waals surface area (Å²) in [6, 6.07) is 0. The Bertz CT molecular complexity index is 247. The second kappa shape index (κ2) is 3.14. The predicted octanol–water partition coefficient (Wildman–Crippen LogP) is 0.732. The lowest BCUT2D eigenvalue weighted by atomic mass is 9.91. The van der Waals surface area contributed by atoms with E-state index >= 15 is 0 Å². The van der Waals surface area contributed by atoms with Crippen molar-refractivity contribution in [1.29, 1.82) is 0 Å². The second-order valence-corrected chi connectivity index (χ2v) is 3.89. The van der Waals surface area contributed by atoms with Gasteiger partial charge in [0.2, 0.25) is 0 Å². The Morgan fingerprint density at radius 3 is 2.92 bits per heavy atom. The van der Waals surface area contributed by atoms with Crippen LogP contribution in [0.25, 0.3) is 0 Å². The predicted molar refractivity (Wildman–Crippen MR) is 46.9 cm³/mol. The summed E-state index contributed by atoms with van der Waals surface area (Å²) < 4.78 is 4.71. The minimum atomic E-state index is -0.230. The summed E-state index contributed by atoms with van der Waals surface area (Å²) in [5.74, 6) is 0.381. The lowest BCUT2D eigenvalue weighted by molar-refractivity contribution is -0.145. The van der Waals surface area contributed by atoms with Crippen LogP contribution in [0, 0.1) is 17.8 Å². The number of fused-ring (bicyclic) bond motifs is 1. The molecule has 3 nitrogen and oxygen atoms in total. The molecule has 4 atom stereocenters. The smallest absolute Gasteiger partial charge is 0.312 e. The Balaban J connectivity index is 2.09. The summed E-state index contributed by atoms with van der Waals surface area (Å²) in [6.07, 6.45) is 5.27. The van der Waals surface area contributed by atoms with E-state index in [9.17, 15) is 9.90 Å². The van der Waals surface area contributed by atoms with E-state index in [1.54, 1.807) is 0 Å². The third-order valence-corrected chi connectivity index (χ3v) is 3.14. The Hall–Kier alpha value is -0.830. The fraction of sp³-hybridized carbons (Fsp3) is 0.700. The van der Waals surface area contributed by atoms with E-state index in [4.69, 9.17) is 4.74 Å². The van der Waals surface area contributed by atoms with Crippen molar-refractivity contribution >= 4 is 5.97 Å². The molecule has 72 valence electrons. The van der Waals surface area contributed by atoms with Gasteiger partial charge in [-0.05, 0) is 24.7 Å². The largest absolute Gasteiger partial charge is 0.469 e. The van der Waals surface area contributed by atoms with Gasteiger partial charge in [-0.15, -0.1) is 0 Å². The highest BCUT2D eigenvalue weighted by Gasteiger charge is 2.42. The minimum absolute atomic E-state index is 0.118. The van der Waals surface area contributed by atoms with Crippen molar-refractivity contribution in [3.05, 3.63) is 12.2 Å². The summed E-state index contributed by atoms with van der Waals surface area (Å²) in [4.78, 5) is 11.3. The standard InChI is InChI=1S/C10H14O3/c1-13-10(12)8-3-2-6-4-7(11)5-9(6)8/h2-3,6-9,11H,4-5H2,1H3. The van der Waals surface area contributed by atoms with Crippen LogP contribution in [0.2, 0.25) is 0 Å². The maximum atomic E-state index is 11.3. The van der Waals surface area contributed by atoms with Gasteiger partial charge >= 0.3 is 5.97 Å². The molecule has 2 aliphatic carbocycles. The van der Waals surface area contributed by atoms with E-state index in [0.29, 0.717) is 5.92 Å². The van der Waals surface area contributed by atoms with E-state index in [2.05, 4.69) is 0 Å². The molecule has 3 heteroatoms. The molecule has 4 unspecified atom stereocenters. The monoisotopic (exact) mass is 182 g/mol. The van der Waals surface area contributed by atoms with Crippen LogP contribution in [0.15, 0.2) is 12.2 Å². The molecule has 0 aromatic carbocycles. The molecule has 0 heterocycles. The van der Waals surface area contributed by atoms with Crippen LogP contribution in [-0.4, -0.2) is 24.3 Å². The molecule has 0 saturated heterocycles. The van der Waals surface area contributed by atoms with E-state index < -0.39 is 0 Å². The number of rotatable bonds is 1. The van der Waals surface area contributed by atoms with Crippen molar-refractivity contribution < 1.29 is 14.6 Å². The Morgan fingerprint density at radius 1 is 1.46 bits per heavy atom. The van der Waals surface area contributed by atoms with Gasteiger partial charge in [-0.2, -0.15) is 0 Å². The molecule has 0 aromatic heterocycles. The summed E-state index contributed by atoms with van der Waals surface area (Å²) in [5, 5.41) is 9.42. The lowest BCUT2D eigenvalue weighted by Gasteiger charge is -2.15. The highest BCUT2D eigenvalue weighted by molar-refractivity contribution is 5.75. The molecule has 1 saturated carbocycles. The highest BCUT2D eigenvalue weighted by Crippen LogP contribution is 2.43. The van der Waals surface area contributed by atoms with Gasteiger partial charge in [-0.1, -0.05) is 12.2 Å². The zero-order chi connectivity index (χ0) is 9.42. The molecule has 0 bridgehead atoms. The second-order valence-electron chi connectivity index (χ2n) is 3.89. The fourth-order valence-electron chi connectivity index (χ4n) is 2.50. The molecule has 0 amide bonds. The number of allylic oxidation sites excluding steroid dienone is 1. The summed E-state index contributed by atoms with van der Waals surface area (Å²) in [5.41, 5.74) is 0. The van der Waals surface area contributed by atoms with Crippen molar-refractivity contribution in [3.63, 3.8) is 0 Å². The number of aliphatic hydroxyl groups excluding tert-OH is 1. The molecule has 0 aromatic rings. The minimum Gasteiger partial charge on any atom is -0.469 e. The number of carbonyl (C=O) groups excluding carboxylic acids is 1. The van der Waals surface area contributed by atoms with Crippen molar-refractivity contribution in [3.8, 4) is 0 Å². The van der Waals surface area contributed by atoms with Crippen molar-refractivity contribution in [2.24, 2.45) is 17.8 Å². The zero-order valence-electron chi connectivity index (χ0n) is 7.64.